The minimum atomic E-state index is 0.214. The highest BCUT2D eigenvalue weighted by Crippen LogP contribution is 2.39. The van der Waals surface area contributed by atoms with Crippen molar-refractivity contribution < 1.29 is 14.2 Å². The molecular weight excluding hydrogens is 290 g/mol. The second kappa shape index (κ2) is 6.24. The van der Waals surface area contributed by atoms with Crippen molar-refractivity contribution >= 4 is 11.6 Å². The maximum absolute atomic E-state index is 6.15. The lowest BCUT2D eigenvalue weighted by atomic mass is 10.2. The van der Waals surface area contributed by atoms with Gasteiger partial charge in [-0.25, -0.2) is 0 Å². The van der Waals surface area contributed by atoms with Gasteiger partial charge in [0, 0.05) is 6.54 Å². The fourth-order valence-corrected chi connectivity index (χ4v) is 2.51. The lowest BCUT2D eigenvalue weighted by molar-refractivity contribution is 0.174. The average Bonchev–Trinajstić information content (AvgIpc) is 2.95. The van der Waals surface area contributed by atoms with Gasteiger partial charge in [0.25, 0.3) is 0 Å². The van der Waals surface area contributed by atoms with E-state index in [1.807, 2.05) is 37.4 Å². The fraction of sp³-hybridized carbons (Fsp3) is 0.250. The second-order valence-electron chi connectivity index (χ2n) is 4.78. The van der Waals surface area contributed by atoms with Crippen molar-refractivity contribution in [2.45, 2.75) is 13.2 Å². The number of fused-ring (bicyclic) bond motifs is 1. The molecule has 0 unspecified atom stereocenters. The number of hydrogen-bond acceptors (Lipinski definition) is 4. The van der Waals surface area contributed by atoms with Crippen molar-refractivity contribution in [2.75, 3.05) is 13.8 Å². The summed E-state index contributed by atoms with van der Waals surface area (Å²) in [4.78, 5) is 0. The van der Waals surface area contributed by atoms with Crippen LogP contribution >= 0.6 is 11.6 Å². The van der Waals surface area contributed by atoms with Crippen LogP contribution in [0.2, 0.25) is 5.02 Å². The van der Waals surface area contributed by atoms with Crippen LogP contribution in [0.4, 0.5) is 0 Å². The summed E-state index contributed by atoms with van der Waals surface area (Å²) in [6, 6.07) is 11.7. The normalized spacial score (nSPS) is 12.5. The molecule has 0 radical (unpaired) electrons. The molecule has 0 aliphatic carbocycles. The Morgan fingerprint density at radius 2 is 2.10 bits per heavy atom. The van der Waals surface area contributed by atoms with E-state index < -0.39 is 0 Å². The molecule has 0 amide bonds. The van der Waals surface area contributed by atoms with Gasteiger partial charge in [0.15, 0.2) is 11.5 Å². The van der Waals surface area contributed by atoms with Crippen LogP contribution in [-0.4, -0.2) is 13.8 Å². The molecule has 0 atom stereocenters. The largest absolute Gasteiger partial charge is 0.489 e. The zero-order valence-electron chi connectivity index (χ0n) is 11.7. The molecular formula is C16H16ClNO3. The van der Waals surface area contributed by atoms with Gasteiger partial charge in [0.2, 0.25) is 6.79 Å². The van der Waals surface area contributed by atoms with Crippen LogP contribution < -0.4 is 19.5 Å². The van der Waals surface area contributed by atoms with Gasteiger partial charge in [-0.3, -0.25) is 0 Å². The Labute approximate surface area is 128 Å². The highest BCUT2D eigenvalue weighted by Gasteiger charge is 2.18. The summed E-state index contributed by atoms with van der Waals surface area (Å²) < 4.78 is 16.5. The predicted molar refractivity (Wildman–Crippen MR) is 81.1 cm³/mol. The Kier molecular flexibility index (Phi) is 4.18. The van der Waals surface area contributed by atoms with Crippen LogP contribution in [0.25, 0.3) is 0 Å². The number of nitrogens with one attached hydrogen (secondary N) is 1. The Morgan fingerprint density at radius 1 is 1.19 bits per heavy atom. The zero-order valence-corrected chi connectivity index (χ0v) is 12.4. The third-order valence-electron chi connectivity index (χ3n) is 3.17. The average molecular weight is 306 g/mol. The minimum Gasteiger partial charge on any atom is -0.489 e. The number of halogens is 1. The summed E-state index contributed by atoms with van der Waals surface area (Å²) in [5.41, 5.74) is 2.13. The molecule has 3 rings (SSSR count). The quantitative estimate of drug-likeness (QED) is 0.919. The Hall–Kier alpha value is -1.91. The summed E-state index contributed by atoms with van der Waals surface area (Å²) in [6.45, 7) is 1.46. The lowest BCUT2D eigenvalue weighted by Gasteiger charge is -2.09. The molecule has 0 aromatic heterocycles. The molecule has 110 valence electrons. The van der Waals surface area contributed by atoms with Gasteiger partial charge in [0.05, 0.1) is 5.02 Å². The van der Waals surface area contributed by atoms with E-state index in [1.165, 1.54) is 5.56 Å². The molecule has 0 saturated heterocycles. The van der Waals surface area contributed by atoms with Crippen LogP contribution in [0.15, 0.2) is 36.4 Å². The molecule has 4 nitrogen and oxygen atoms in total. The summed E-state index contributed by atoms with van der Waals surface area (Å²) in [5.74, 6) is 2.11. The minimum absolute atomic E-state index is 0.214. The molecule has 5 heteroatoms. The smallest absolute Gasteiger partial charge is 0.231 e. The van der Waals surface area contributed by atoms with Gasteiger partial charge >= 0.3 is 0 Å². The van der Waals surface area contributed by atoms with E-state index in [0.717, 1.165) is 17.9 Å². The molecule has 0 saturated carbocycles. The lowest BCUT2D eigenvalue weighted by Crippen LogP contribution is -2.05. The first kappa shape index (κ1) is 14.0. The van der Waals surface area contributed by atoms with E-state index in [9.17, 15) is 0 Å². The van der Waals surface area contributed by atoms with E-state index in [2.05, 4.69) is 11.4 Å². The number of ether oxygens (including phenoxy) is 3. The van der Waals surface area contributed by atoms with Gasteiger partial charge in [-0.15, -0.1) is 0 Å². The van der Waals surface area contributed by atoms with Gasteiger partial charge in [0.1, 0.15) is 12.4 Å². The van der Waals surface area contributed by atoms with Crippen LogP contribution in [0, 0.1) is 0 Å². The van der Waals surface area contributed by atoms with Gasteiger partial charge in [-0.1, -0.05) is 23.7 Å². The molecule has 2 aromatic carbocycles. The third-order valence-corrected chi connectivity index (χ3v) is 3.45. The standard InChI is InChI=1S/C16H16ClNO3/c1-18-8-11-3-2-4-13(5-11)19-9-12-6-14(17)16-15(7-12)20-10-21-16/h2-7,18H,8-10H2,1H3. The topological polar surface area (TPSA) is 39.7 Å². The van der Waals surface area contributed by atoms with Crippen molar-refractivity contribution in [3.8, 4) is 17.2 Å². The summed E-state index contributed by atoms with van der Waals surface area (Å²) in [7, 11) is 1.92. The van der Waals surface area contributed by atoms with Crippen molar-refractivity contribution in [1.82, 2.24) is 5.32 Å². The van der Waals surface area contributed by atoms with Crippen LogP contribution in [0.1, 0.15) is 11.1 Å². The molecule has 1 aliphatic rings. The molecule has 1 heterocycles. The van der Waals surface area contributed by atoms with E-state index in [1.54, 1.807) is 0 Å². The highest BCUT2D eigenvalue weighted by molar-refractivity contribution is 6.32. The van der Waals surface area contributed by atoms with Crippen molar-refractivity contribution in [3.05, 3.63) is 52.5 Å². The molecule has 1 aliphatic heterocycles. The molecule has 21 heavy (non-hydrogen) atoms. The molecule has 0 fully saturated rings. The molecule has 0 spiro atoms. The summed E-state index contributed by atoms with van der Waals surface area (Å²) >= 11 is 6.15. The number of benzene rings is 2. The zero-order chi connectivity index (χ0) is 14.7. The Balaban J connectivity index is 1.70. The van der Waals surface area contributed by atoms with Gasteiger partial charge in [-0.05, 0) is 42.4 Å². The summed E-state index contributed by atoms with van der Waals surface area (Å²) in [5, 5.41) is 3.67. The van der Waals surface area contributed by atoms with Crippen LogP contribution in [-0.2, 0) is 13.2 Å². The second-order valence-corrected chi connectivity index (χ2v) is 5.19. The van der Waals surface area contributed by atoms with E-state index in [-0.39, 0.29) is 6.79 Å². The third kappa shape index (κ3) is 3.23. The Bertz CT molecular complexity index is 645. The summed E-state index contributed by atoms with van der Waals surface area (Å²) in [6.07, 6.45) is 0. The van der Waals surface area contributed by atoms with Crippen molar-refractivity contribution in [1.29, 1.82) is 0 Å². The number of hydrogen-bond donors (Lipinski definition) is 1. The first-order valence-electron chi connectivity index (χ1n) is 6.70. The SMILES string of the molecule is CNCc1cccc(OCc2cc(Cl)c3c(c2)OCO3)c1. The molecule has 1 N–H and O–H groups in total. The molecule has 0 bridgehead atoms. The Morgan fingerprint density at radius 3 is 2.95 bits per heavy atom. The first-order valence-corrected chi connectivity index (χ1v) is 7.08. The highest BCUT2D eigenvalue weighted by atomic mass is 35.5. The van der Waals surface area contributed by atoms with E-state index in [0.29, 0.717) is 23.1 Å². The number of rotatable bonds is 5. The van der Waals surface area contributed by atoms with E-state index >= 15 is 0 Å². The van der Waals surface area contributed by atoms with E-state index in [4.69, 9.17) is 25.8 Å². The van der Waals surface area contributed by atoms with Crippen molar-refractivity contribution in [3.63, 3.8) is 0 Å². The first-order chi connectivity index (χ1) is 10.3. The predicted octanol–water partition coefficient (Wildman–Crippen LogP) is 3.37. The maximum Gasteiger partial charge on any atom is 0.231 e. The van der Waals surface area contributed by atoms with Crippen LogP contribution in [0.5, 0.6) is 17.2 Å². The van der Waals surface area contributed by atoms with Gasteiger partial charge in [-0.2, -0.15) is 0 Å². The fourth-order valence-electron chi connectivity index (χ4n) is 2.22. The van der Waals surface area contributed by atoms with Gasteiger partial charge < -0.3 is 19.5 Å². The van der Waals surface area contributed by atoms with Crippen molar-refractivity contribution in [2.24, 2.45) is 0 Å². The van der Waals surface area contributed by atoms with Crippen LogP contribution in [0.3, 0.4) is 0 Å². The molecule has 2 aromatic rings. The maximum atomic E-state index is 6.15. The monoisotopic (exact) mass is 305 g/mol.